The Bertz CT molecular complexity index is 813. The third kappa shape index (κ3) is 3.63. The fraction of sp³-hybridized carbons (Fsp3) is 0.312. The Kier molecular flexibility index (Phi) is 4.52. The first-order valence-corrected chi connectivity index (χ1v) is 9.66. The first-order chi connectivity index (χ1) is 11.0. The summed E-state index contributed by atoms with van der Waals surface area (Å²) in [6, 6.07) is 11.1. The van der Waals surface area contributed by atoms with E-state index in [0.717, 1.165) is 16.0 Å². The summed E-state index contributed by atoms with van der Waals surface area (Å²) in [6.45, 7) is 2.96. The Morgan fingerprint density at radius 1 is 1.30 bits per heavy atom. The second-order valence-electron chi connectivity index (χ2n) is 5.51. The highest BCUT2D eigenvalue weighted by Gasteiger charge is 2.25. The number of carbonyl (C=O) groups excluding carboxylic acids is 1. The van der Waals surface area contributed by atoms with Gasteiger partial charge in [-0.15, -0.1) is 11.3 Å². The van der Waals surface area contributed by atoms with Crippen LogP contribution < -0.4 is 4.72 Å². The van der Waals surface area contributed by atoms with Crippen LogP contribution in [0.1, 0.15) is 22.9 Å². The number of carbonyl (C=O) groups is 1. The second-order valence-corrected chi connectivity index (χ2v) is 8.65. The van der Waals surface area contributed by atoms with Crippen molar-refractivity contribution in [3.63, 3.8) is 0 Å². The maximum atomic E-state index is 12.5. The lowest BCUT2D eigenvalue weighted by Crippen LogP contribution is -2.33. The predicted octanol–water partition coefficient (Wildman–Crippen LogP) is 2.13. The van der Waals surface area contributed by atoms with Crippen molar-refractivity contribution in [2.75, 3.05) is 6.54 Å². The van der Waals surface area contributed by atoms with E-state index in [0.29, 0.717) is 23.7 Å². The van der Waals surface area contributed by atoms with Crippen LogP contribution in [0.25, 0.3) is 0 Å². The quantitative estimate of drug-likeness (QED) is 0.919. The van der Waals surface area contributed by atoms with E-state index < -0.39 is 10.0 Å². The molecule has 2 aromatic rings. The molecule has 0 fully saturated rings. The van der Waals surface area contributed by atoms with Crippen molar-refractivity contribution in [1.29, 1.82) is 0 Å². The first kappa shape index (κ1) is 16.2. The van der Waals surface area contributed by atoms with Gasteiger partial charge in [0.05, 0.1) is 0 Å². The van der Waals surface area contributed by atoms with E-state index in [4.69, 9.17) is 0 Å². The zero-order chi connectivity index (χ0) is 16.4. The van der Waals surface area contributed by atoms with E-state index in [9.17, 15) is 13.2 Å². The smallest absolute Gasteiger partial charge is 0.250 e. The molecule has 1 amide bonds. The third-order valence-electron chi connectivity index (χ3n) is 3.86. The van der Waals surface area contributed by atoms with Gasteiger partial charge < -0.3 is 4.90 Å². The summed E-state index contributed by atoms with van der Waals surface area (Å²) >= 11 is 1.30. The standard InChI is InChI=1S/C16H18N2O3S2/c1-12(19)18-8-7-15-14(11-18)9-16(22-15)23(20,21)17-10-13-5-3-2-4-6-13/h2-6,9,17H,7-8,10-11H2,1H3. The largest absolute Gasteiger partial charge is 0.338 e. The number of rotatable bonds is 4. The van der Waals surface area contributed by atoms with Gasteiger partial charge in [0.1, 0.15) is 4.21 Å². The minimum atomic E-state index is -3.53. The van der Waals surface area contributed by atoms with Crippen molar-refractivity contribution in [2.45, 2.75) is 30.6 Å². The van der Waals surface area contributed by atoms with E-state index >= 15 is 0 Å². The van der Waals surface area contributed by atoms with Gasteiger partial charge in [-0.05, 0) is 23.6 Å². The highest BCUT2D eigenvalue weighted by atomic mass is 32.2. The predicted molar refractivity (Wildman–Crippen MR) is 89.6 cm³/mol. The molecule has 2 heterocycles. The molecule has 1 N–H and O–H groups in total. The Morgan fingerprint density at radius 2 is 2.04 bits per heavy atom. The molecule has 0 atom stereocenters. The van der Waals surface area contributed by atoms with Crippen molar-refractivity contribution in [2.24, 2.45) is 0 Å². The monoisotopic (exact) mass is 350 g/mol. The number of sulfonamides is 1. The molecule has 0 saturated carbocycles. The highest BCUT2D eigenvalue weighted by molar-refractivity contribution is 7.91. The van der Waals surface area contributed by atoms with Gasteiger partial charge in [0.25, 0.3) is 0 Å². The maximum Gasteiger partial charge on any atom is 0.250 e. The van der Waals surface area contributed by atoms with Crippen LogP contribution in [0.15, 0.2) is 40.6 Å². The van der Waals surface area contributed by atoms with E-state index in [-0.39, 0.29) is 12.5 Å². The van der Waals surface area contributed by atoms with Crippen molar-refractivity contribution in [3.8, 4) is 0 Å². The van der Waals surface area contributed by atoms with Crippen LogP contribution in [0.3, 0.4) is 0 Å². The lowest BCUT2D eigenvalue weighted by atomic mass is 10.1. The summed E-state index contributed by atoms with van der Waals surface area (Å²) in [5.41, 5.74) is 1.86. The number of fused-ring (bicyclic) bond motifs is 1. The average molecular weight is 350 g/mol. The van der Waals surface area contributed by atoms with E-state index in [1.54, 1.807) is 11.0 Å². The fourth-order valence-corrected chi connectivity index (χ4v) is 5.16. The van der Waals surface area contributed by atoms with Crippen LogP contribution in [0, 0.1) is 0 Å². The molecule has 23 heavy (non-hydrogen) atoms. The molecule has 1 aliphatic rings. The molecule has 0 spiro atoms. The lowest BCUT2D eigenvalue weighted by Gasteiger charge is -2.25. The topological polar surface area (TPSA) is 66.5 Å². The van der Waals surface area contributed by atoms with Crippen LogP contribution in [0.5, 0.6) is 0 Å². The SMILES string of the molecule is CC(=O)N1CCc2sc(S(=O)(=O)NCc3ccccc3)cc2C1. The molecule has 1 aromatic carbocycles. The number of hydrogen-bond donors (Lipinski definition) is 1. The van der Waals surface area contributed by atoms with Gasteiger partial charge in [0.15, 0.2) is 0 Å². The van der Waals surface area contributed by atoms with E-state index in [2.05, 4.69) is 4.72 Å². The van der Waals surface area contributed by atoms with Gasteiger partial charge in [0, 0.05) is 31.4 Å². The fourth-order valence-electron chi connectivity index (χ4n) is 2.55. The maximum absolute atomic E-state index is 12.5. The molecular weight excluding hydrogens is 332 g/mol. The molecule has 5 nitrogen and oxygen atoms in total. The zero-order valence-electron chi connectivity index (χ0n) is 12.8. The van der Waals surface area contributed by atoms with Crippen LogP contribution in [-0.4, -0.2) is 25.8 Å². The Hall–Kier alpha value is -1.70. The normalized spacial score (nSPS) is 14.6. The van der Waals surface area contributed by atoms with Crippen molar-refractivity contribution >= 4 is 27.3 Å². The van der Waals surface area contributed by atoms with Crippen LogP contribution in [0.4, 0.5) is 0 Å². The van der Waals surface area contributed by atoms with Crippen molar-refractivity contribution < 1.29 is 13.2 Å². The number of thiophene rings is 1. The van der Waals surface area contributed by atoms with Crippen molar-refractivity contribution in [1.82, 2.24) is 9.62 Å². The Balaban J connectivity index is 1.75. The first-order valence-electron chi connectivity index (χ1n) is 7.36. The van der Waals surface area contributed by atoms with Gasteiger partial charge in [0.2, 0.25) is 15.9 Å². The molecule has 0 radical (unpaired) electrons. The van der Waals surface area contributed by atoms with Gasteiger partial charge in [-0.25, -0.2) is 13.1 Å². The molecule has 0 saturated heterocycles. The molecular formula is C16H18N2O3S2. The summed E-state index contributed by atoms with van der Waals surface area (Å²) in [6.07, 6.45) is 0.716. The zero-order valence-corrected chi connectivity index (χ0v) is 14.4. The van der Waals surface area contributed by atoms with E-state index in [1.807, 2.05) is 30.3 Å². The number of nitrogens with zero attached hydrogens (tertiary/aromatic N) is 1. The minimum absolute atomic E-state index is 0.0217. The second kappa shape index (κ2) is 6.43. The van der Waals surface area contributed by atoms with Crippen LogP contribution in [0.2, 0.25) is 0 Å². The van der Waals surface area contributed by atoms with Gasteiger partial charge >= 0.3 is 0 Å². The molecule has 1 aliphatic heterocycles. The molecule has 0 aliphatic carbocycles. The summed E-state index contributed by atoms with van der Waals surface area (Å²) in [5.74, 6) is 0.0217. The molecule has 7 heteroatoms. The molecule has 1 aromatic heterocycles. The summed E-state index contributed by atoms with van der Waals surface area (Å²) in [7, 11) is -3.53. The van der Waals surface area contributed by atoms with Gasteiger partial charge in [-0.2, -0.15) is 0 Å². The number of nitrogens with one attached hydrogen (secondary N) is 1. The molecule has 0 bridgehead atoms. The summed E-state index contributed by atoms with van der Waals surface area (Å²) < 4.78 is 27.9. The van der Waals surface area contributed by atoms with Crippen LogP contribution >= 0.6 is 11.3 Å². The Morgan fingerprint density at radius 3 is 2.74 bits per heavy atom. The lowest BCUT2D eigenvalue weighted by molar-refractivity contribution is -0.129. The molecule has 0 unspecified atom stereocenters. The summed E-state index contributed by atoms with van der Waals surface area (Å²) in [4.78, 5) is 14.3. The van der Waals surface area contributed by atoms with Crippen molar-refractivity contribution in [3.05, 3.63) is 52.4 Å². The average Bonchev–Trinajstić information content (AvgIpc) is 2.98. The number of amides is 1. The number of benzene rings is 1. The Labute approximate surface area is 140 Å². The minimum Gasteiger partial charge on any atom is -0.338 e. The highest BCUT2D eigenvalue weighted by Crippen LogP contribution is 2.31. The van der Waals surface area contributed by atoms with Crippen LogP contribution in [-0.2, 0) is 34.3 Å². The number of hydrogen-bond acceptors (Lipinski definition) is 4. The molecule has 3 rings (SSSR count). The van der Waals surface area contributed by atoms with Gasteiger partial charge in [-0.1, -0.05) is 30.3 Å². The summed E-state index contributed by atoms with van der Waals surface area (Å²) in [5, 5.41) is 0. The molecule has 122 valence electrons. The van der Waals surface area contributed by atoms with E-state index in [1.165, 1.54) is 18.3 Å². The third-order valence-corrected chi connectivity index (χ3v) is 6.98. The van der Waals surface area contributed by atoms with Gasteiger partial charge in [-0.3, -0.25) is 4.79 Å².